The number of carbonyl (C=O) groups is 3. The SMILES string of the molecule is CC1OC2(CCN(C(=O)c3ncccc3O)CC2)C2=C1N/C=N/C(C1=CCOCC1)N(C)N(CC(=O)Nc1ccc(C(F)(F)F)nc1Cl)C2=O. The van der Waals surface area contributed by atoms with Gasteiger partial charge in [-0.1, -0.05) is 17.7 Å². The van der Waals surface area contributed by atoms with Gasteiger partial charge in [-0.25, -0.2) is 9.97 Å². The molecule has 50 heavy (non-hydrogen) atoms. The molecule has 2 aromatic heterocycles. The molecule has 0 saturated carbocycles. The molecule has 1 spiro atoms. The number of alkyl halides is 3. The second-order valence-electron chi connectivity index (χ2n) is 12.1. The van der Waals surface area contributed by atoms with Crippen LogP contribution in [0, 0.1) is 0 Å². The Morgan fingerprint density at radius 3 is 2.64 bits per heavy atom. The van der Waals surface area contributed by atoms with Crippen LogP contribution in [0.4, 0.5) is 18.9 Å². The highest BCUT2D eigenvalue weighted by molar-refractivity contribution is 6.32. The van der Waals surface area contributed by atoms with Crippen LogP contribution in [0.2, 0.25) is 5.15 Å². The fraction of sp³-hybridized carbons (Fsp3) is 0.438. The number of likely N-dealkylation sites (tertiary alicyclic amines) is 1. The van der Waals surface area contributed by atoms with Crippen molar-refractivity contribution in [2.45, 2.75) is 50.2 Å². The largest absolute Gasteiger partial charge is 0.505 e. The van der Waals surface area contributed by atoms with Crippen molar-refractivity contribution in [1.29, 1.82) is 0 Å². The van der Waals surface area contributed by atoms with Crippen molar-refractivity contribution in [3.8, 4) is 5.75 Å². The number of halogens is 4. The summed E-state index contributed by atoms with van der Waals surface area (Å²) in [5.41, 5.74) is -1.11. The first kappa shape index (κ1) is 35.3. The van der Waals surface area contributed by atoms with Gasteiger partial charge in [0.15, 0.2) is 10.8 Å². The van der Waals surface area contributed by atoms with Gasteiger partial charge >= 0.3 is 6.18 Å². The lowest BCUT2D eigenvalue weighted by atomic mass is 9.83. The predicted molar refractivity (Wildman–Crippen MR) is 173 cm³/mol. The third-order valence-electron chi connectivity index (χ3n) is 9.04. The van der Waals surface area contributed by atoms with Crippen LogP contribution in [0.25, 0.3) is 0 Å². The van der Waals surface area contributed by atoms with Gasteiger partial charge in [-0.2, -0.15) is 18.2 Å². The highest BCUT2D eigenvalue weighted by atomic mass is 35.5. The van der Waals surface area contributed by atoms with Crippen LogP contribution < -0.4 is 10.6 Å². The molecule has 3 amide bonds. The number of piperidine rings is 1. The van der Waals surface area contributed by atoms with E-state index in [1.165, 1.54) is 39.6 Å². The van der Waals surface area contributed by atoms with E-state index in [9.17, 15) is 32.7 Å². The first-order chi connectivity index (χ1) is 23.8. The first-order valence-corrected chi connectivity index (χ1v) is 16.2. The quantitative estimate of drug-likeness (QED) is 0.310. The Bertz CT molecular complexity index is 1780. The van der Waals surface area contributed by atoms with Gasteiger partial charge in [0.05, 0.1) is 42.6 Å². The summed E-state index contributed by atoms with van der Waals surface area (Å²) in [7, 11) is 1.61. The molecule has 6 heterocycles. The molecule has 3 N–H and O–H groups in total. The number of fused-ring (bicyclic) bond motifs is 1. The number of aliphatic imine (C=N–C) groups is 1. The number of nitrogens with one attached hydrogen (secondary N) is 2. The van der Waals surface area contributed by atoms with Gasteiger partial charge in [-0.15, -0.1) is 0 Å². The number of anilines is 1. The number of hydrazine groups is 1. The van der Waals surface area contributed by atoms with Crippen molar-refractivity contribution in [3.05, 3.63) is 69.9 Å². The van der Waals surface area contributed by atoms with E-state index in [0.29, 0.717) is 31.4 Å². The third kappa shape index (κ3) is 6.90. The van der Waals surface area contributed by atoms with Gasteiger partial charge in [-0.3, -0.25) is 24.4 Å². The van der Waals surface area contributed by atoms with Crippen molar-refractivity contribution in [1.82, 2.24) is 30.2 Å². The maximum atomic E-state index is 14.8. The zero-order valence-corrected chi connectivity index (χ0v) is 27.8. The molecule has 6 rings (SSSR count). The molecule has 266 valence electrons. The molecular formula is C32H34ClF3N8O6. The predicted octanol–water partition coefficient (Wildman–Crippen LogP) is 3.12. The third-order valence-corrected chi connectivity index (χ3v) is 9.32. The van der Waals surface area contributed by atoms with E-state index in [1.54, 1.807) is 14.0 Å². The standard InChI is InChI=1S/C32H34ClF3N8O6/c1-18-25-24(31(50-18)9-12-43(13-10-31)30(48)26-21(45)4-3-11-37-26)29(47)44(42(2)28(39-17-38-25)19-7-14-49-15-8-19)16-23(46)40-20-5-6-22(32(34,35)36)41-27(20)33/h3-7,11,17-18,28,45H,8-10,12-16H2,1-2H3,(H,38,39)(H,40,46). The number of amides is 3. The lowest BCUT2D eigenvalue weighted by Crippen LogP contribution is -2.56. The van der Waals surface area contributed by atoms with E-state index in [4.69, 9.17) is 26.1 Å². The van der Waals surface area contributed by atoms with Crippen LogP contribution in [-0.4, -0.2) is 112 Å². The van der Waals surface area contributed by atoms with Crippen LogP contribution in [-0.2, 0) is 25.2 Å². The Morgan fingerprint density at radius 2 is 1.98 bits per heavy atom. The fourth-order valence-electron chi connectivity index (χ4n) is 6.54. The minimum atomic E-state index is -4.74. The van der Waals surface area contributed by atoms with Gasteiger partial charge in [0.2, 0.25) is 5.91 Å². The molecule has 1 fully saturated rings. The molecular weight excluding hydrogens is 685 g/mol. The number of hydrogen-bond acceptors (Lipinski definition) is 11. The summed E-state index contributed by atoms with van der Waals surface area (Å²) in [6.45, 7) is 2.31. The Hall–Kier alpha value is -4.58. The highest BCUT2D eigenvalue weighted by Crippen LogP contribution is 2.44. The summed E-state index contributed by atoms with van der Waals surface area (Å²) in [5, 5.41) is 18.0. The molecule has 0 bridgehead atoms. The maximum Gasteiger partial charge on any atom is 0.433 e. The minimum absolute atomic E-state index is 0.0870. The van der Waals surface area contributed by atoms with Gasteiger partial charge in [-0.05, 0) is 56.0 Å². The number of rotatable bonds is 5. The van der Waals surface area contributed by atoms with Crippen molar-refractivity contribution < 1.29 is 42.1 Å². The minimum Gasteiger partial charge on any atom is -0.505 e. The van der Waals surface area contributed by atoms with Crippen LogP contribution in [0.1, 0.15) is 42.4 Å². The summed E-state index contributed by atoms with van der Waals surface area (Å²) in [6, 6.07) is 4.57. The van der Waals surface area contributed by atoms with E-state index in [0.717, 1.165) is 11.6 Å². The first-order valence-electron chi connectivity index (χ1n) is 15.8. The highest BCUT2D eigenvalue weighted by Gasteiger charge is 2.53. The molecule has 1 saturated heterocycles. The second-order valence-corrected chi connectivity index (χ2v) is 12.5. The van der Waals surface area contributed by atoms with E-state index in [-0.39, 0.29) is 48.6 Å². The number of nitrogens with zero attached hydrogens (tertiary/aromatic N) is 6. The van der Waals surface area contributed by atoms with Gasteiger partial charge in [0.1, 0.15) is 29.8 Å². The smallest absolute Gasteiger partial charge is 0.433 e. The molecule has 4 aliphatic heterocycles. The average molecular weight is 719 g/mol. The molecule has 2 aromatic rings. The lowest BCUT2D eigenvalue weighted by molar-refractivity contribution is -0.152. The lowest BCUT2D eigenvalue weighted by Gasteiger charge is -2.42. The van der Waals surface area contributed by atoms with Crippen LogP contribution >= 0.6 is 11.6 Å². The van der Waals surface area contributed by atoms with E-state index < -0.39 is 59.2 Å². The van der Waals surface area contributed by atoms with E-state index in [2.05, 4.69) is 20.6 Å². The normalized spacial score (nSPS) is 23.4. The monoisotopic (exact) mass is 718 g/mol. The maximum absolute atomic E-state index is 14.8. The Kier molecular flexibility index (Phi) is 9.85. The van der Waals surface area contributed by atoms with E-state index in [1.807, 2.05) is 6.08 Å². The van der Waals surface area contributed by atoms with Gasteiger partial charge in [0, 0.05) is 26.3 Å². The molecule has 18 heteroatoms. The number of pyridine rings is 2. The number of aromatic hydroxyl groups is 1. The molecule has 4 aliphatic rings. The Labute approximate surface area is 289 Å². The van der Waals surface area contributed by atoms with Crippen molar-refractivity contribution in [3.63, 3.8) is 0 Å². The molecule has 0 radical (unpaired) electrons. The molecule has 2 unspecified atom stereocenters. The summed E-state index contributed by atoms with van der Waals surface area (Å²) >= 11 is 6.01. The zero-order valence-electron chi connectivity index (χ0n) is 27.0. The number of ether oxygens (including phenoxy) is 2. The number of likely N-dealkylation sites (N-methyl/N-ethyl adjacent to an activating group) is 1. The summed E-state index contributed by atoms with van der Waals surface area (Å²) in [4.78, 5) is 55.2. The number of hydrogen-bond donors (Lipinski definition) is 3. The van der Waals surface area contributed by atoms with Crippen LogP contribution in [0.15, 0.2) is 58.4 Å². The average Bonchev–Trinajstić information content (AvgIpc) is 3.37. The molecule has 2 atom stereocenters. The van der Waals surface area contributed by atoms with E-state index >= 15 is 0 Å². The van der Waals surface area contributed by atoms with Crippen molar-refractivity contribution >= 4 is 41.3 Å². The van der Waals surface area contributed by atoms with Crippen LogP contribution in [0.5, 0.6) is 5.75 Å². The molecule has 0 aromatic carbocycles. The summed E-state index contributed by atoms with van der Waals surface area (Å²) in [6.07, 6.45) is -0.372. The number of aromatic nitrogens is 2. The number of carbonyl (C=O) groups excluding carboxylic acids is 3. The second kappa shape index (κ2) is 14.0. The van der Waals surface area contributed by atoms with Gasteiger partial charge < -0.3 is 30.1 Å². The zero-order chi connectivity index (χ0) is 35.8. The fourth-order valence-corrected chi connectivity index (χ4v) is 6.74. The van der Waals surface area contributed by atoms with Gasteiger partial charge in [0.25, 0.3) is 11.8 Å². The summed E-state index contributed by atoms with van der Waals surface area (Å²) in [5.74, 6) is -2.05. The molecule has 14 nitrogen and oxygen atoms in total. The van der Waals surface area contributed by atoms with Crippen molar-refractivity contribution in [2.24, 2.45) is 4.99 Å². The topological polar surface area (TPSA) is 162 Å². The Balaban J connectivity index is 1.30. The van der Waals surface area contributed by atoms with Crippen molar-refractivity contribution in [2.75, 3.05) is 45.2 Å². The Morgan fingerprint density at radius 1 is 1.22 bits per heavy atom. The molecule has 0 aliphatic carbocycles. The van der Waals surface area contributed by atoms with Crippen LogP contribution in [0.3, 0.4) is 0 Å². The summed E-state index contributed by atoms with van der Waals surface area (Å²) < 4.78 is 51.4.